The highest BCUT2D eigenvalue weighted by Crippen LogP contribution is 2.25. The molecule has 1 saturated heterocycles. The minimum absolute atomic E-state index is 0.0883. The Bertz CT molecular complexity index is 566. The van der Waals surface area contributed by atoms with E-state index in [1.807, 2.05) is 38.1 Å². The first-order valence-corrected chi connectivity index (χ1v) is 8.21. The Morgan fingerprint density at radius 2 is 1.96 bits per heavy atom. The summed E-state index contributed by atoms with van der Waals surface area (Å²) in [5.74, 6) is 0.134. The molecule has 2 rings (SSSR count). The van der Waals surface area contributed by atoms with E-state index in [9.17, 15) is 9.59 Å². The summed E-state index contributed by atoms with van der Waals surface area (Å²) in [5.41, 5.74) is 11.1. The van der Waals surface area contributed by atoms with Gasteiger partial charge in [-0.05, 0) is 38.1 Å². The second kappa shape index (κ2) is 7.67. The molecule has 1 aliphatic rings. The number of hydrazine groups is 1. The van der Waals surface area contributed by atoms with Gasteiger partial charge in [0, 0.05) is 10.9 Å². The number of nitrogens with one attached hydrogen (secondary N) is 3. The first-order valence-electron chi connectivity index (χ1n) is 7.34. The molecule has 8 heteroatoms. The predicted octanol–water partition coefficient (Wildman–Crippen LogP) is 0.0108. The maximum atomic E-state index is 12.4. The molecule has 1 fully saturated rings. The number of methoxy groups -OCH3 is 1. The van der Waals surface area contributed by atoms with E-state index in [1.54, 1.807) is 7.11 Å². The fraction of sp³-hybridized carbons (Fsp3) is 0.467. The lowest BCUT2D eigenvalue weighted by molar-refractivity contribution is -0.122. The number of rotatable bonds is 6. The predicted molar refractivity (Wildman–Crippen MR) is 89.0 cm³/mol. The molecule has 126 valence electrons. The van der Waals surface area contributed by atoms with Gasteiger partial charge in [-0.15, -0.1) is 11.8 Å². The zero-order valence-electron chi connectivity index (χ0n) is 13.3. The Morgan fingerprint density at radius 1 is 1.30 bits per heavy atom. The lowest BCUT2D eigenvalue weighted by Crippen LogP contribution is -2.54. The normalized spacial score (nSPS) is 24.9. The molecule has 0 aromatic heterocycles. The van der Waals surface area contributed by atoms with Crippen LogP contribution in [-0.4, -0.2) is 42.3 Å². The number of hydrogen-bond donors (Lipinski definition) is 4. The van der Waals surface area contributed by atoms with E-state index in [0.29, 0.717) is 0 Å². The average Bonchev–Trinajstić information content (AvgIpc) is 2.89. The van der Waals surface area contributed by atoms with Gasteiger partial charge in [0.1, 0.15) is 11.8 Å². The quantitative estimate of drug-likeness (QED) is 0.545. The molecule has 2 amide bonds. The zero-order chi connectivity index (χ0) is 17.0. The van der Waals surface area contributed by atoms with Gasteiger partial charge in [0.25, 0.3) is 0 Å². The molecule has 0 spiro atoms. The van der Waals surface area contributed by atoms with Gasteiger partial charge >= 0.3 is 0 Å². The van der Waals surface area contributed by atoms with Crippen molar-refractivity contribution in [2.45, 2.75) is 42.1 Å². The second-order valence-electron chi connectivity index (χ2n) is 5.43. The smallest absolute Gasteiger partial charge is 0.238 e. The number of carbonyl (C=O) groups is 2. The third-order valence-electron chi connectivity index (χ3n) is 3.72. The van der Waals surface area contributed by atoms with E-state index < -0.39 is 11.9 Å². The van der Waals surface area contributed by atoms with Crippen molar-refractivity contribution in [3.63, 3.8) is 0 Å². The molecule has 4 unspecified atom stereocenters. The summed E-state index contributed by atoms with van der Waals surface area (Å²) < 4.78 is 5.11. The van der Waals surface area contributed by atoms with Crippen molar-refractivity contribution >= 4 is 23.6 Å². The Balaban J connectivity index is 1.94. The van der Waals surface area contributed by atoms with Crippen molar-refractivity contribution in [3.05, 3.63) is 24.3 Å². The van der Waals surface area contributed by atoms with Crippen LogP contribution in [0, 0.1) is 0 Å². The number of benzene rings is 1. The molecule has 1 aromatic rings. The minimum atomic E-state index is -0.618. The third-order valence-corrected chi connectivity index (χ3v) is 4.83. The number of ether oxygens (including phenoxy) is 1. The first kappa shape index (κ1) is 17.6. The maximum absolute atomic E-state index is 12.4. The van der Waals surface area contributed by atoms with Crippen LogP contribution in [-0.2, 0) is 9.59 Å². The summed E-state index contributed by atoms with van der Waals surface area (Å²) in [4.78, 5) is 24.8. The van der Waals surface area contributed by atoms with Crippen LogP contribution in [0.1, 0.15) is 13.8 Å². The number of amides is 2. The summed E-state index contributed by atoms with van der Waals surface area (Å²) in [6.45, 7) is 3.70. The molecule has 23 heavy (non-hydrogen) atoms. The van der Waals surface area contributed by atoms with Crippen molar-refractivity contribution in [2.75, 3.05) is 7.11 Å². The summed E-state index contributed by atoms with van der Waals surface area (Å²) >= 11 is 1.44. The third kappa shape index (κ3) is 4.37. The minimum Gasteiger partial charge on any atom is -0.497 e. The Kier molecular flexibility index (Phi) is 5.86. The monoisotopic (exact) mass is 338 g/mol. The lowest BCUT2D eigenvalue weighted by Gasteiger charge is -2.22. The topological polar surface area (TPSA) is 105 Å². The fourth-order valence-corrected chi connectivity index (χ4v) is 3.22. The molecular weight excluding hydrogens is 316 g/mol. The van der Waals surface area contributed by atoms with E-state index >= 15 is 0 Å². The molecule has 1 aliphatic heterocycles. The summed E-state index contributed by atoms with van der Waals surface area (Å²) in [5, 5.41) is 2.59. The molecule has 1 aromatic carbocycles. The molecule has 0 bridgehead atoms. The zero-order valence-corrected chi connectivity index (χ0v) is 14.1. The number of nitrogens with two attached hydrogens (primary N) is 1. The highest BCUT2D eigenvalue weighted by atomic mass is 32.2. The van der Waals surface area contributed by atoms with Crippen LogP contribution in [0.25, 0.3) is 0 Å². The second-order valence-corrected chi connectivity index (χ2v) is 6.84. The molecule has 0 aliphatic carbocycles. The number of primary amides is 1. The summed E-state index contributed by atoms with van der Waals surface area (Å²) in [6.07, 6.45) is 0. The van der Waals surface area contributed by atoms with Crippen molar-refractivity contribution in [3.8, 4) is 5.75 Å². The van der Waals surface area contributed by atoms with Crippen LogP contribution in [0.5, 0.6) is 5.75 Å². The Labute approximate surface area is 139 Å². The maximum Gasteiger partial charge on any atom is 0.238 e. The fourth-order valence-electron chi connectivity index (χ4n) is 2.34. The highest BCUT2D eigenvalue weighted by Gasteiger charge is 2.38. The summed E-state index contributed by atoms with van der Waals surface area (Å²) in [7, 11) is 1.61. The van der Waals surface area contributed by atoms with Gasteiger partial charge in [0.2, 0.25) is 11.8 Å². The van der Waals surface area contributed by atoms with Crippen LogP contribution in [0.2, 0.25) is 0 Å². The number of thioether (sulfide) groups is 1. The molecule has 1 heterocycles. The van der Waals surface area contributed by atoms with E-state index in [-0.39, 0.29) is 23.2 Å². The Morgan fingerprint density at radius 3 is 2.52 bits per heavy atom. The molecule has 0 saturated carbocycles. The molecule has 4 atom stereocenters. The van der Waals surface area contributed by atoms with Crippen LogP contribution in [0.3, 0.4) is 0 Å². The van der Waals surface area contributed by atoms with Crippen LogP contribution in [0.4, 0.5) is 0 Å². The van der Waals surface area contributed by atoms with Gasteiger partial charge in [0.15, 0.2) is 0 Å². The first-order chi connectivity index (χ1) is 10.9. The van der Waals surface area contributed by atoms with Crippen LogP contribution in [0.15, 0.2) is 29.2 Å². The van der Waals surface area contributed by atoms with Gasteiger partial charge in [-0.3, -0.25) is 15.0 Å². The SMILES string of the molecule is COc1ccc(SC(C)C(=O)NC2C(C)NNC2C(N)=O)cc1. The van der Waals surface area contributed by atoms with E-state index in [0.717, 1.165) is 10.6 Å². The van der Waals surface area contributed by atoms with Gasteiger partial charge in [-0.1, -0.05) is 0 Å². The largest absolute Gasteiger partial charge is 0.497 e. The van der Waals surface area contributed by atoms with E-state index in [2.05, 4.69) is 16.2 Å². The lowest BCUT2D eigenvalue weighted by atomic mass is 10.0. The van der Waals surface area contributed by atoms with Crippen molar-refractivity contribution in [2.24, 2.45) is 5.73 Å². The van der Waals surface area contributed by atoms with E-state index in [1.165, 1.54) is 11.8 Å². The molecule has 7 nitrogen and oxygen atoms in total. The average molecular weight is 338 g/mol. The van der Waals surface area contributed by atoms with Gasteiger partial charge in [-0.25, -0.2) is 5.43 Å². The number of hydrogen-bond acceptors (Lipinski definition) is 6. The van der Waals surface area contributed by atoms with Gasteiger partial charge in [0.05, 0.1) is 18.4 Å². The van der Waals surface area contributed by atoms with Gasteiger partial charge < -0.3 is 15.8 Å². The number of carbonyl (C=O) groups excluding carboxylic acids is 2. The highest BCUT2D eigenvalue weighted by molar-refractivity contribution is 8.00. The standard InChI is InChI=1S/C15H22N4O3S/c1-8-12(13(14(16)20)19-18-8)17-15(21)9(2)23-11-6-4-10(22-3)5-7-11/h4-9,12-13,18-19H,1-3H3,(H2,16,20)(H,17,21). The molecule has 5 N–H and O–H groups in total. The molecular formula is C15H22N4O3S. The van der Waals surface area contributed by atoms with Crippen molar-refractivity contribution in [1.82, 2.24) is 16.2 Å². The van der Waals surface area contributed by atoms with Crippen LogP contribution >= 0.6 is 11.8 Å². The molecule has 0 radical (unpaired) electrons. The van der Waals surface area contributed by atoms with Crippen LogP contribution < -0.4 is 26.6 Å². The van der Waals surface area contributed by atoms with Gasteiger partial charge in [-0.2, -0.15) is 0 Å². The van der Waals surface area contributed by atoms with Crippen molar-refractivity contribution in [1.29, 1.82) is 0 Å². The Hall–Kier alpha value is -1.77. The van der Waals surface area contributed by atoms with E-state index in [4.69, 9.17) is 10.5 Å². The summed E-state index contributed by atoms with van der Waals surface area (Å²) in [6, 6.07) is 6.42. The van der Waals surface area contributed by atoms with Crippen molar-refractivity contribution < 1.29 is 14.3 Å².